The third kappa shape index (κ3) is 29.4. The fraction of sp³-hybridized carbons (Fsp3) is 0.846. The Kier molecular flexibility index (Phi) is 19.9. The zero-order valence-corrected chi connectivity index (χ0v) is 12.7. The minimum Gasteiger partial charge on any atom is -0.460 e. The van der Waals surface area contributed by atoms with E-state index in [1.54, 1.807) is 7.11 Å². The molecule has 0 amide bonds. The van der Waals surface area contributed by atoms with Crippen LogP contribution in [-0.2, 0) is 19.1 Å². The third-order valence-corrected chi connectivity index (χ3v) is 1.43. The second-order valence-electron chi connectivity index (χ2n) is 4.43. The van der Waals surface area contributed by atoms with Crippen molar-refractivity contribution in [3.63, 3.8) is 0 Å². The van der Waals surface area contributed by atoms with Crippen molar-refractivity contribution in [1.82, 2.24) is 5.32 Å². The van der Waals surface area contributed by atoms with Gasteiger partial charge in [0.05, 0.1) is 6.61 Å². The van der Waals surface area contributed by atoms with Crippen LogP contribution in [0.5, 0.6) is 0 Å². The molecule has 0 aliphatic carbocycles. The number of hydrogen-bond donors (Lipinski definition) is 1. The number of rotatable bonds is 5. The van der Waals surface area contributed by atoms with E-state index in [2.05, 4.69) is 5.32 Å². The lowest BCUT2D eigenvalue weighted by Gasteiger charge is -2.18. The standard InChI is InChI=1S/C8H16O2.C4H11NO.CH2O/c1-5-6-7(9)10-8(2,3)4;1-5-3-4-6-2;1-2/h5-6H2,1-4H3;5H,3-4H2,1-2H3;1H2. The molecule has 0 saturated heterocycles. The van der Waals surface area contributed by atoms with Gasteiger partial charge in [-0.3, -0.25) is 4.79 Å². The van der Waals surface area contributed by atoms with Crippen molar-refractivity contribution in [2.24, 2.45) is 0 Å². The number of methoxy groups -OCH3 is 1. The molecule has 5 nitrogen and oxygen atoms in total. The molecule has 0 aromatic heterocycles. The summed E-state index contributed by atoms with van der Waals surface area (Å²) in [4.78, 5) is 18.8. The van der Waals surface area contributed by atoms with Gasteiger partial charge in [0.1, 0.15) is 12.4 Å². The third-order valence-electron chi connectivity index (χ3n) is 1.43. The van der Waals surface area contributed by atoms with Gasteiger partial charge in [-0.05, 0) is 34.2 Å². The number of esters is 1. The van der Waals surface area contributed by atoms with Crippen LogP contribution in [0, 0.1) is 0 Å². The number of carbonyl (C=O) groups is 2. The van der Waals surface area contributed by atoms with Crippen molar-refractivity contribution < 1.29 is 19.1 Å². The number of likely N-dealkylation sites (N-methyl/N-ethyl adjacent to an activating group) is 1. The Morgan fingerprint density at radius 1 is 1.28 bits per heavy atom. The van der Waals surface area contributed by atoms with Crippen molar-refractivity contribution in [3.8, 4) is 0 Å². The highest BCUT2D eigenvalue weighted by Gasteiger charge is 2.14. The van der Waals surface area contributed by atoms with Gasteiger partial charge in [0.2, 0.25) is 0 Å². The molecule has 18 heavy (non-hydrogen) atoms. The van der Waals surface area contributed by atoms with Crippen molar-refractivity contribution in [2.75, 3.05) is 27.3 Å². The zero-order chi connectivity index (χ0) is 15.0. The molecule has 0 aromatic rings. The Hall–Kier alpha value is -0.940. The number of hydrogen-bond acceptors (Lipinski definition) is 5. The molecule has 0 rings (SSSR count). The van der Waals surface area contributed by atoms with Crippen molar-refractivity contribution in [1.29, 1.82) is 0 Å². The minimum atomic E-state index is -0.327. The van der Waals surface area contributed by atoms with Crippen LogP contribution in [0.2, 0.25) is 0 Å². The van der Waals surface area contributed by atoms with Crippen LogP contribution in [0.25, 0.3) is 0 Å². The predicted molar refractivity (Wildman–Crippen MR) is 73.7 cm³/mol. The molecule has 0 spiro atoms. The molecule has 0 fully saturated rings. The van der Waals surface area contributed by atoms with Gasteiger partial charge < -0.3 is 19.6 Å². The largest absolute Gasteiger partial charge is 0.460 e. The van der Waals surface area contributed by atoms with Gasteiger partial charge in [-0.2, -0.15) is 0 Å². The Morgan fingerprint density at radius 2 is 1.78 bits per heavy atom. The lowest BCUT2D eigenvalue weighted by molar-refractivity contribution is -0.154. The van der Waals surface area contributed by atoms with Crippen LogP contribution < -0.4 is 5.32 Å². The first-order valence-electron chi connectivity index (χ1n) is 6.01. The van der Waals surface area contributed by atoms with Crippen LogP contribution >= 0.6 is 0 Å². The monoisotopic (exact) mass is 263 g/mol. The summed E-state index contributed by atoms with van der Waals surface area (Å²) in [5.41, 5.74) is -0.327. The SMILES string of the molecule is C=O.CCCC(=O)OC(C)(C)C.CNCCOC. The van der Waals surface area contributed by atoms with E-state index >= 15 is 0 Å². The van der Waals surface area contributed by atoms with Gasteiger partial charge in [-0.15, -0.1) is 0 Å². The first-order chi connectivity index (χ1) is 8.37. The lowest BCUT2D eigenvalue weighted by Crippen LogP contribution is -2.23. The van der Waals surface area contributed by atoms with Crippen LogP contribution in [0.3, 0.4) is 0 Å². The maximum absolute atomic E-state index is 10.8. The Morgan fingerprint density at radius 3 is 2.00 bits per heavy atom. The van der Waals surface area contributed by atoms with Gasteiger partial charge in [0, 0.05) is 20.1 Å². The van der Waals surface area contributed by atoms with Crippen LogP contribution in [-0.4, -0.2) is 45.7 Å². The van der Waals surface area contributed by atoms with E-state index < -0.39 is 0 Å². The Bertz CT molecular complexity index is 174. The summed E-state index contributed by atoms with van der Waals surface area (Å²) < 4.78 is 9.76. The summed E-state index contributed by atoms with van der Waals surface area (Å²) in [5, 5.41) is 2.94. The molecule has 110 valence electrons. The molecule has 0 saturated carbocycles. The van der Waals surface area contributed by atoms with Gasteiger partial charge >= 0.3 is 5.97 Å². The van der Waals surface area contributed by atoms with Crippen molar-refractivity contribution >= 4 is 12.8 Å². The van der Waals surface area contributed by atoms with Gasteiger partial charge in [-0.25, -0.2) is 0 Å². The average Bonchev–Trinajstić information content (AvgIpc) is 2.28. The van der Waals surface area contributed by atoms with Crippen LogP contribution in [0.1, 0.15) is 40.5 Å². The molecule has 5 heteroatoms. The van der Waals surface area contributed by atoms with E-state index in [0.29, 0.717) is 6.42 Å². The Labute approximate surface area is 111 Å². The fourth-order valence-corrected chi connectivity index (χ4v) is 0.801. The summed E-state index contributed by atoms with van der Waals surface area (Å²) >= 11 is 0. The number of ether oxygens (including phenoxy) is 2. The maximum atomic E-state index is 10.8. The molecule has 0 heterocycles. The predicted octanol–water partition coefficient (Wildman–Crippen LogP) is 1.80. The molecule has 0 radical (unpaired) electrons. The summed E-state index contributed by atoms with van der Waals surface area (Å²) in [5.74, 6) is -0.102. The first kappa shape index (κ1) is 22.3. The summed E-state index contributed by atoms with van der Waals surface area (Å²) in [7, 11) is 3.59. The molecule has 0 aliphatic rings. The van der Waals surface area contributed by atoms with E-state index in [-0.39, 0.29) is 11.6 Å². The summed E-state index contributed by atoms with van der Waals surface area (Å²) in [6.07, 6.45) is 1.38. The van der Waals surface area contributed by atoms with Gasteiger partial charge in [0.25, 0.3) is 0 Å². The van der Waals surface area contributed by atoms with Crippen LogP contribution in [0.4, 0.5) is 0 Å². The topological polar surface area (TPSA) is 64.6 Å². The molecule has 0 atom stereocenters. The van der Waals surface area contributed by atoms with Gasteiger partial charge in [0.15, 0.2) is 0 Å². The lowest BCUT2D eigenvalue weighted by atomic mass is 10.2. The molecular weight excluding hydrogens is 234 g/mol. The first-order valence-corrected chi connectivity index (χ1v) is 6.01. The fourth-order valence-electron chi connectivity index (χ4n) is 0.801. The molecular formula is C13H29NO4. The van der Waals surface area contributed by atoms with Gasteiger partial charge in [-0.1, -0.05) is 6.92 Å². The zero-order valence-electron chi connectivity index (χ0n) is 12.7. The smallest absolute Gasteiger partial charge is 0.306 e. The van der Waals surface area contributed by atoms with Crippen molar-refractivity contribution in [2.45, 2.75) is 46.1 Å². The molecule has 0 aliphatic heterocycles. The van der Waals surface area contributed by atoms with Crippen molar-refractivity contribution in [3.05, 3.63) is 0 Å². The highest BCUT2D eigenvalue weighted by Crippen LogP contribution is 2.08. The average molecular weight is 263 g/mol. The second kappa shape index (κ2) is 16.1. The molecule has 1 N–H and O–H groups in total. The van der Waals surface area contributed by atoms with E-state index in [0.717, 1.165) is 19.6 Å². The van der Waals surface area contributed by atoms with E-state index in [1.807, 2.05) is 41.5 Å². The van der Waals surface area contributed by atoms with E-state index in [9.17, 15) is 4.79 Å². The summed E-state index contributed by atoms with van der Waals surface area (Å²) in [6.45, 7) is 11.3. The maximum Gasteiger partial charge on any atom is 0.306 e. The second-order valence-corrected chi connectivity index (χ2v) is 4.43. The van der Waals surface area contributed by atoms with Crippen LogP contribution in [0.15, 0.2) is 0 Å². The number of nitrogens with one attached hydrogen (secondary N) is 1. The molecule has 0 bridgehead atoms. The number of carbonyl (C=O) groups excluding carboxylic acids is 2. The minimum absolute atomic E-state index is 0.102. The van der Waals surface area contributed by atoms with E-state index in [1.165, 1.54) is 0 Å². The van der Waals surface area contributed by atoms with E-state index in [4.69, 9.17) is 14.3 Å². The highest BCUT2D eigenvalue weighted by atomic mass is 16.6. The quantitative estimate of drug-likeness (QED) is 0.605. The Balaban J connectivity index is -0.000000241. The molecule has 0 unspecified atom stereocenters. The summed E-state index contributed by atoms with van der Waals surface area (Å²) in [6, 6.07) is 0. The molecule has 0 aromatic carbocycles. The normalized spacial score (nSPS) is 9.44. The highest BCUT2D eigenvalue weighted by molar-refractivity contribution is 5.69.